The molecule has 0 heterocycles. The summed E-state index contributed by atoms with van der Waals surface area (Å²) in [6, 6.07) is 0. The van der Waals surface area contributed by atoms with Crippen LogP contribution in [0.2, 0.25) is 18.1 Å². The van der Waals surface area contributed by atoms with Crippen LogP contribution in [-0.4, -0.2) is 43.1 Å². The number of allylic oxidation sites excluding steroid dienone is 1. The van der Waals surface area contributed by atoms with Crippen LogP contribution in [0.4, 0.5) is 0 Å². The number of hydrogen-bond acceptors (Lipinski definition) is 4. The number of aliphatic hydroxyl groups excluding tert-OH is 2. The smallest absolute Gasteiger partial charge is 0.192 e. The Bertz CT molecular complexity index is 738. The first-order valence-electron chi connectivity index (χ1n) is 12.1. The van der Waals surface area contributed by atoms with Crippen molar-refractivity contribution in [2.24, 2.45) is 28.6 Å². The Balaban J connectivity index is 1.71. The van der Waals surface area contributed by atoms with Crippen molar-refractivity contribution in [3.63, 3.8) is 0 Å². The summed E-state index contributed by atoms with van der Waals surface area (Å²) in [5.41, 5.74) is 0.897. The van der Waals surface area contributed by atoms with Gasteiger partial charge in [-0.05, 0) is 86.4 Å². The van der Waals surface area contributed by atoms with Crippen LogP contribution in [0.15, 0.2) is 11.6 Å². The number of carbonyl (C=O) groups is 1. The molecule has 3 fully saturated rings. The van der Waals surface area contributed by atoms with E-state index in [0.717, 1.165) is 44.1 Å². The van der Waals surface area contributed by atoms with E-state index in [-0.39, 0.29) is 51.6 Å². The first kappa shape index (κ1) is 22.7. The van der Waals surface area contributed by atoms with Gasteiger partial charge in [0.2, 0.25) is 0 Å². The van der Waals surface area contributed by atoms with Crippen LogP contribution in [-0.2, 0) is 9.22 Å². The summed E-state index contributed by atoms with van der Waals surface area (Å²) >= 11 is 0. The third-order valence-corrected chi connectivity index (χ3v) is 14.6. The van der Waals surface area contributed by atoms with E-state index in [4.69, 9.17) is 4.43 Å². The molecule has 0 radical (unpaired) electrons. The maximum Gasteiger partial charge on any atom is 0.192 e. The molecule has 0 amide bonds. The Hall–Kier alpha value is -0.493. The average Bonchev–Trinajstić information content (AvgIpc) is 2.95. The Labute approximate surface area is 183 Å². The van der Waals surface area contributed by atoms with Gasteiger partial charge in [-0.15, -0.1) is 0 Å². The van der Waals surface area contributed by atoms with Crippen LogP contribution in [0, 0.1) is 28.6 Å². The zero-order valence-electron chi connectivity index (χ0n) is 19.8. The van der Waals surface area contributed by atoms with E-state index >= 15 is 0 Å². The monoisotopic (exact) mass is 434 g/mol. The van der Waals surface area contributed by atoms with Gasteiger partial charge in [0.05, 0.1) is 12.2 Å². The highest BCUT2D eigenvalue weighted by atomic mass is 28.4. The summed E-state index contributed by atoms with van der Waals surface area (Å²) in [6.45, 7) is 14.3. The second-order valence-corrected chi connectivity index (χ2v) is 17.4. The molecule has 0 bridgehead atoms. The molecule has 0 aliphatic heterocycles. The van der Waals surface area contributed by atoms with Crippen molar-refractivity contribution in [3.05, 3.63) is 11.6 Å². The molecule has 4 aliphatic carbocycles. The predicted octanol–water partition coefficient (Wildman–Crippen LogP) is 4.85. The Morgan fingerprint density at radius 2 is 1.80 bits per heavy atom. The topological polar surface area (TPSA) is 66.8 Å². The number of rotatable bonds is 3. The molecule has 0 aromatic carbocycles. The van der Waals surface area contributed by atoms with Gasteiger partial charge in [0.25, 0.3) is 0 Å². The number of carbonyl (C=O) groups excluding carboxylic acids is 1. The van der Waals surface area contributed by atoms with E-state index in [2.05, 4.69) is 40.8 Å². The maximum atomic E-state index is 13.4. The van der Waals surface area contributed by atoms with Gasteiger partial charge in [-0.25, -0.2) is 0 Å². The molecule has 0 spiro atoms. The Morgan fingerprint density at radius 1 is 1.10 bits per heavy atom. The minimum atomic E-state index is -1.93. The van der Waals surface area contributed by atoms with Crippen molar-refractivity contribution in [1.29, 1.82) is 0 Å². The lowest BCUT2D eigenvalue weighted by molar-refractivity contribution is -0.139. The summed E-state index contributed by atoms with van der Waals surface area (Å²) in [5, 5.41) is 21.3. The first-order valence-corrected chi connectivity index (χ1v) is 15.0. The van der Waals surface area contributed by atoms with E-state index < -0.39 is 8.32 Å². The van der Waals surface area contributed by atoms with Crippen molar-refractivity contribution in [2.45, 2.75) is 103 Å². The van der Waals surface area contributed by atoms with Crippen molar-refractivity contribution >= 4 is 14.1 Å². The molecule has 3 saturated carbocycles. The van der Waals surface area contributed by atoms with Gasteiger partial charge >= 0.3 is 0 Å². The minimum absolute atomic E-state index is 0.00269. The Kier molecular flexibility index (Phi) is 5.49. The molecule has 170 valence electrons. The third-order valence-electron chi connectivity index (χ3n) is 10.1. The summed E-state index contributed by atoms with van der Waals surface area (Å²) < 4.78 is 6.83. The van der Waals surface area contributed by atoms with Gasteiger partial charge in [-0.1, -0.05) is 33.3 Å². The van der Waals surface area contributed by atoms with Gasteiger partial charge in [-0.3, -0.25) is 4.79 Å². The zero-order chi connectivity index (χ0) is 22.1. The van der Waals surface area contributed by atoms with Gasteiger partial charge in [0.15, 0.2) is 14.1 Å². The van der Waals surface area contributed by atoms with Crippen LogP contribution in [0.1, 0.15) is 72.6 Å². The van der Waals surface area contributed by atoms with E-state index in [1.54, 1.807) is 0 Å². The molecule has 7 atom stereocenters. The molecule has 4 nitrogen and oxygen atoms in total. The van der Waals surface area contributed by atoms with Gasteiger partial charge in [0, 0.05) is 17.9 Å². The van der Waals surface area contributed by atoms with E-state index in [9.17, 15) is 15.0 Å². The molecule has 30 heavy (non-hydrogen) atoms. The van der Waals surface area contributed by atoms with Crippen molar-refractivity contribution in [3.8, 4) is 0 Å². The fourth-order valence-corrected chi connectivity index (χ4v) is 8.02. The van der Waals surface area contributed by atoms with Crippen LogP contribution in [0.25, 0.3) is 0 Å². The SMILES string of the molecule is CC(C)(C)[Si](C)(C)OC[C@]12CC[C@H](O)CC1=CC(=O)[C@@H]1[C@@H]2CC[C@]2(C)[C@@H](O)CC[C@@H]12. The molecular formula is C25H42O4Si. The van der Waals surface area contributed by atoms with E-state index in [1.165, 1.54) is 0 Å². The highest BCUT2D eigenvalue weighted by Crippen LogP contribution is 2.64. The summed E-state index contributed by atoms with van der Waals surface area (Å²) in [6.07, 6.45) is 7.33. The zero-order valence-corrected chi connectivity index (χ0v) is 20.8. The van der Waals surface area contributed by atoms with Crippen LogP contribution >= 0.6 is 0 Å². The number of aliphatic hydroxyl groups is 2. The lowest BCUT2D eigenvalue weighted by Crippen LogP contribution is -2.57. The quantitative estimate of drug-likeness (QED) is 0.623. The lowest BCUT2D eigenvalue weighted by atomic mass is 9.47. The molecule has 5 heteroatoms. The summed E-state index contributed by atoms with van der Waals surface area (Å²) in [7, 11) is -1.93. The Morgan fingerprint density at radius 3 is 2.47 bits per heavy atom. The van der Waals surface area contributed by atoms with Gasteiger partial charge in [-0.2, -0.15) is 0 Å². The summed E-state index contributed by atoms with van der Waals surface area (Å²) in [4.78, 5) is 13.4. The third kappa shape index (κ3) is 3.30. The molecule has 4 aliphatic rings. The highest BCUT2D eigenvalue weighted by molar-refractivity contribution is 6.74. The molecule has 0 aromatic heterocycles. The summed E-state index contributed by atoms with van der Waals surface area (Å²) in [5.74, 6) is 0.804. The van der Waals surface area contributed by atoms with Crippen LogP contribution in [0.3, 0.4) is 0 Å². The second-order valence-electron chi connectivity index (χ2n) is 12.6. The molecule has 4 rings (SSSR count). The van der Waals surface area contributed by atoms with Crippen molar-refractivity contribution in [2.75, 3.05) is 6.61 Å². The highest BCUT2D eigenvalue weighted by Gasteiger charge is 2.62. The molecular weight excluding hydrogens is 392 g/mol. The minimum Gasteiger partial charge on any atom is -0.416 e. The lowest BCUT2D eigenvalue weighted by Gasteiger charge is -2.58. The fourth-order valence-electron chi connectivity index (χ4n) is 6.96. The molecule has 2 N–H and O–H groups in total. The van der Waals surface area contributed by atoms with Gasteiger partial charge in [0.1, 0.15) is 0 Å². The van der Waals surface area contributed by atoms with Crippen molar-refractivity contribution in [1.82, 2.24) is 0 Å². The number of hydrogen-bond donors (Lipinski definition) is 2. The van der Waals surface area contributed by atoms with Crippen molar-refractivity contribution < 1.29 is 19.4 Å². The van der Waals surface area contributed by atoms with Crippen LogP contribution in [0.5, 0.6) is 0 Å². The van der Waals surface area contributed by atoms with E-state index in [0.29, 0.717) is 13.0 Å². The standard InChI is InChI=1S/C25H42O4Si/c1-23(2,3)30(5,6)29-15-25-12-9-17(26)13-16(25)14-20(27)22-18-7-8-21(28)24(18,4)11-10-19(22)25/h14,17-19,21-22,26,28H,7-13,15H2,1-6H3/t17-,18-,19-,21-,22-,24-,25+/m0/s1. The molecule has 0 aromatic rings. The molecule has 0 unspecified atom stereocenters. The normalized spacial score (nSPS) is 44.2. The largest absolute Gasteiger partial charge is 0.416 e. The average molecular weight is 435 g/mol. The van der Waals surface area contributed by atoms with E-state index in [1.807, 2.05) is 6.08 Å². The number of fused-ring (bicyclic) bond motifs is 5. The first-order chi connectivity index (χ1) is 13.8. The van der Waals surface area contributed by atoms with Crippen LogP contribution < -0.4 is 0 Å². The maximum absolute atomic E-state index is 13.4. The second kappa shape index (κ2) is 7.26. The molecule has 0 saturated heterocycles. The van der Waals surface area contributed by atoms with Gasteiger partial charge < -0.3 is 14.6 Å². The predicted molar refractivity (Wildman–Crippen MR) is 122 cm³/mol. The number of ketones is 1. The fraction of sp³-hybridized carbons (Fsp3) is 0.880.